The van der Waals surface area contributed by atoms with Gasteiger partial charge >= 0.3 is 6.09 Å². The molecule has 0 aliphatic carbocycles. The van der Waals surface area contributed by atoms with E-state index in [9.17, 15) is 9.90 Å². The van der Waals surface area contributed by atoms with E-state index in [-0.39, 0.29) is 17.7 Å². The van der Waals surface area contributed by atoms with Crippen molar-refractivity contribution in [1.29, 1.82) is 0 Å². The minimum atomic E-state index is -1.37. The number of aromatic nitrogens is 5. The molecule has 3 aromatic rings. The Balaban J connectivity index is 1.28. The highest BCUT2D eigenvalue weighted by atomic mass is 19.1. The summed E-state index contributed by atoms with van der Waals surface area (Å²) in [5.41, 5.74) is 0.946. The van der Waals surface area contributed by atoms with E-state index >= 15 is 4.39 Å². The van der Waals surface area contributed by atoms with Crippen LogP contribution in [0, 0.1) is 6.92 Å². The van der Waals surface area contributed by atoms with Gasteiger partial charge in [0.1, 0.15) is 29.6 Å². The number of carbonyl (C=O) groups excluding carboxylic acids is 1. The Bertz CT molecular complexity index is 1270. The van der Waals surface area contributed by atoms with Crippen molar-refractivity contribution in [3.8, 4) is 28.6 Å². The summed E-state index contributed by atoms with van der Waals surface area (Å²) in [6, 6.07) is 7.61. The lowest BCUT2D eigenvalue weighted by Crippen LogP contribution is -2.63. The van der Waals surface area contributed by atoms with Gasteiger partial charge in [-0.3, -0.25) is 4.90 Å². The molecule has 2 bridgehead atoms. The van der Waals surface area contributed by atoms with Crippen LogP contribution in [0.15, 0.2) is 36.7 Å². The summed E-state index contributed by atoms with van der Waals surface area (Å²) < 4.78 is 28.6. The Morgan fingerprint density at radius 1 is 1.16 bits per heavy atom. The van der Waals surface area contributed by atoms with Crippen LogP contribution in [0.25, 0.3) is 16.9 Å². The molecule has 4 heterocycles. The van der Waals surface area contributed by atoms with Crippen molar-refractivity contribution in [3.05, 3.63) is 42.5 Å². The molecule has 0 radical (unpaired) electrons. The van der Waals surface area contributed by atoms with Crippen LogP contribution >= 0.6 is 0 Å². The van der Waals surface area contributed by atoms with E-state index in [2.05, 4.69) is 20.3 Å². The largest absolute Gasteiger partial charge is 0.507 e. The van der Waals surface area contributed by atoms with Gasteiger partial charge in [0.2, 0.25) is 5.88 Å². The lowest BCUT2D eigenvalue weighted by Gasteiger charge is -2.49. The monoisotopic (exact) mass is 510 g/mol. The molecule has 5 rings (SSSR count). The lowest BCUT2D eigenvalue weighted by atomic mass is 9.82. The third-order valence-corrected chi connectivity index (χ3v) is 6.66. The number of phenolic OH excluding ortho intramolecular Hbond substituents is 1. The van der Waals surface area contributed by atoms with Crippen LogP contribution in [0.5, 0.6) is 11.6 Å². The number of phenols is 1. The van der Waals surface area contributed by atoms with Gasteiger partial charge < -0.3 is 14.6 Å². The molecule has 10 nitrogen and oxygen atoms in total. The van der Waals surface area contributed by atoms with E-state index in [4.69, 9.17) is 9.47 Å². The van der Waals surface area contributed by atoms with Gasteiger partial charge in [0.05, 0.1) is 17.4 Å². The smallest absolute Gasteiger partial charge is 0.410 e. The fraction of sp³-hybridized carbons (Fsp3) is 0.500. The lowest BCUT2D eigenvalue weighted by molar-refractivity contribution is -0.0802. The molecule has 0 spiro atoms. The van der Waals surface area contributed by atoms with Crippen molar-refractivity contribution < 1.29 is 23.8 Å². The second kappa shape index (κ2) is 9.60. The highest BCUT2D eigenvalue weighted by Crippen LogP contribution is 2.38. The molecule has 2 aromatic heterocycles. The highest BCUT2D eigenvalue weighted by molar-refractivity contribution is 5.70. The van der Waals surface area contributed by atoms with Crippen molar-refractivity contribution >= 4 is 6.09 Å². The van der Waals surface area contributed by atoms with Gasteiger partial charge in [-0.15, -0.1) is 10.2 Å². The summed E-state index contributed by atoms with van der Waals surface area (Å²) in [7, 11) is 0. The van der Waals surface area contributed by atoms with Crippen molar-refractivity contribution in [2.45, 2.75) is 83.3 Å². The fourth-order valence-electron chi connectivity index (χ4n) is 5.04. The Hall–Kier alpha value is -3.76. The van der Waals surface area contributed by atoms with Gasteiger partial charge in [0, 0.05) is 30.2 Å². The van der Waals surface area contributed by atoms with Crippen LogP contribution in [0.3, 0.4) is 0 Å². The zero-order chi connectivity index (χ0) is 26.3. The average Bonchev–Trinajstić information content (AvgIpc) is 3.28. The van der Waals surface area contributed by atoms with Gasteiger partial charge in [-0.1, -0.05) is 0 Å². The molecule has 2 unspecified atom stereocenters. The molecule has 2 fully saturated rings. The highest BCUT2D eigenvalue weighted by Gasteiger charge is 2.49. The molecule has 2 saturated heterocycles. The number of nitrogens with zero attached hydrogens (tertiary/aromatic N) is 6. The quantitative estimate of drug-likeness (QED) is 0.550. The Kier molecular flexibility index (Phi) is 6.47. The van der Waals surface area contributed by atoms with Crippen LogP contribution in [0.1, 0.15) is 52.3 Å². The zero-order valence-corrected chi connectivity index (χ0v) is 21.3. The standard InChI is InChI=1S/C26H31FN6O4/c1-15-28-14-32(31-15)16-8-9-18(21(34)12-16)19-10-11-23(30-29-19)36-22-13-17-6-5-7-20(24(22)27)33(17)25(35)37-26(2,3)4/h8-12,14,17,20,22,24,34H,5-7,13H2,1-4H3/t17?,20?,22-,24+/m0/s1. The number of aryl methyl sites for hydroxylation is 1. The van der Waals surface area contributed by atoms with Crippen LogP contribution < -0.4 is 4.74 Å². The van der Waals surface area contributed by atoms with Crippen molar-refractivity contribution in [1.82, 2.24) is 29.9 Å². The summed E-state index contributed by atoms with van der Waals surface area (Å²) in [4.78, 5) is 18.4. The number of carbonyl (C=O) groups is 1. The first-order valence-corrected chi connectivity index (χ1v) is 12.5. The van der Waals surface area contributed by atoms with Crippen LogP contribution in [0.2, 0.25) is 0 Å². The first kappa shape index (κ1) is 24.9. The molecule has 2 aliphatic heterocycles. The Morgan fingerprint density at radius 2 is 1.97 bits per heavy atom. The minimum Gasteiger partial charge on any atom is -0.507 e. The zero-order valence-electron chi connectivity index (χ0n) is 21.3. The predicted octanol–water partition coefficient (Wildman–Crippen LogP) is 4.39. The van der Waals surface area contributed by atoms with E-state index in [1.807, 2.05) is 0 Å². The molecule has 37 heavy (non-hydrogen) atoms. The van der Waals surface area contributed by atoms with E-state index < -0.39 is 30.0 Å². The Labute approximate surface area is 214 Å². The third kappa shape index (κ3) is 5.21. The number of aromatic hydroxyl groups is 1. The molecular formula is C26H31FN6O4. The first-order valence-electron chi connectivity index (χ1n) is 12.5. The number of amides is 1. The first-order chi connectivity index (χ1) is 17.6. The van der Waals surface area contributed by atoms with E-state index in [0.29, 0.717) is 35.6 Å². The summed E-state index contributed by atoms with van der Waals surface area (Å²) in [5.74, 6) is 0.828. The third-order valence-electron chi connectivity index (χ3n) is 6.66. The molecule has 4 atom stereocenters. The number of ether oxygens (including phenoxy) is 2. The maximum atomic E-state index is 15.6. The number of alkyl halides is 1. The molecule has 1 N–H and O–H groups in total. The predicted molar refractivity (Wildman–Crippen MR) is 132 cm³/mol. The normalized spacial score (nSPS) is 23.5. The maximum absolute atomic E-state index is 15.6. The number of rotatable bonds is 4. The maximum Gasteiger partial charge on any atom is 0.410 e. The minimum absolute atomic E-state index is 0.0137. The molecule has 0 saturated carbocycles. The van der Waals surface area contributed by atoms with Gasteiger partial charge in [0.25, 0.3) is 0 Å². The molecule has 1 aromatic carbocycles. The van der Waals surface area contributed by atoms with Crippen molar-refractivity contribution in [2.75, 3.05) is 0 Å². The van der Waals surface area contributed by atoms with Crippen molar-refractivity contribution in [2.24, 2.45) is 0 Å². The van der Waals surface area contributed by atoms with Gasteiger partial charge in [-0.25, -0.2) is 18.9 Å². The Morgan fingerprint density at radius 3 is 2.62 bits per heavy atom. The summed E-state index contributed by atoms with van der Waals surface area (Å²) >= 11 is 0. The summed E-state index contributed by atoms with van der Waals surface area (Å²) in [6.07, 6.45) is 1.52. The number of hydrogen-bond donors (Lipinski definition) is 1. The SMILES string of the molecule is Cc1ncn(-c2ccc(-c3ccc(O[C@H]4CC5CCCC([C@H]4F)N5C(=O)OC(C)(C)C)nn3)c(O)c2)n1. The number of fused-ring (bicyclic) bond motifs is 2. The fourth-order valence-corrected chi connectivity index (χ4v) is 5.04. The average molecular weight is 511 g/mol. The van der Waals surface area contributed by atoms with E-state index in [1.165, 1.54) is 0 Å². The van der Waals surface area contributed by atoms with Crippen LogP contribution in [-0.4, -0.2) is 71.0 Å². The van der Waals surface area contributed by atoms with E-state index in [1.54, 1.807) is 73.9 Å². The number of benzene rings is 1. The summed E-state index contributed by atoms with van der Waals surface area (Å²) in [5, 5.41) is 23.1. The van der Waals surface area contributed by atoms with Crippen LogP contribution in [-0.2, 0) is 4.74 Å². The number of halogens is 1. The molecule has 11 heteroatoms. The number of hydrogen-bond acceptors (Lipinski definition) is 8. The second-order valence-electron chi connectivity index (χ2n) is 10.6. The molecular weight excluding hydrogens is 479 g/mol. The summed E-state index contributed by atoms with van der Waals surface area (Å²) in [6.45, 7) is 7.19. The van der Waals surface area contributed by atoms with E-state index in [0.717, 1.165) is 12.8 Å². The van der Waals surface area contributed by atoms with Crippen LogP contribution in [0.4, 0.5) is 9.18 Å². The molecule has 1 amide bonds. The van der Waals surface area contributed by atoms with Gasteiger partial charge in [0.15, 0.2) is 6.17 Å². The van der Waals surface area contributed by atoms with Crippen molar-refractivity contribution in [3.63, 3.8) is 0 Å². The number of piperidine rings is 2. The topological polar surface area (TPSA) is 115 Å². The molecule has 196 valence electrons. The molecule has 2 aliphatic rings. The second-order valence-corrected chi connectivity index (χ2v) is 10.6. The van der Waals surface area contributed by atoms with Gasteiger partial charge in [-0.05, 0) is 65.2 Å². The van der Waals surface area contributed by atoms with Gasteiger partial charge in [-0.2, -0.15) is 5.10 Å².